The fourth-order valence-corrected chi connectivity index (χ4v) is 3.11. The highest BCUT2D eigenvalue weighted by atomic mass is 16.4. The van der Waals surface area contributed by atoms with Gasteiger partial charge >= 0.3 is 0 Å². The third-order valence-corrected chi connectivity index (χ3v) is 4.49. The summed E-state index contributed by atoms with van der Waals surface area (Å²) >= 11 is 0. The van der Waals surface area contributed by atoms with E-state index in [1.807, 2.05) is 25.2 Å². The van der Waals surface area contributed by atoms with Crippen LogP contribution < -0.4 is 5.32 Å². The zero-order valence-electron chi connectivity index (χ0n) is 12.7. The minimum absolute atomic E-state index is 0.0324. The molecule has 0 amide bonds. The molecule has 1 N–H and O–H groups in total. The summed E-state index contributed by atoms with van der Waals surface area (Å²) in [6, 6.07) is 10.2. The molecule has 4 heteroatoms. The number of aromatic nitrogens is 2. The standard InChI is InChI=1S/C17H23N3O/c1-12-8-10-14(11-9-12)16-19-20-17(21-16)15(18-2)13-6-4-3-5-7-13/h3-7,12,14-15,18H,8-11H2,1-2H3. The van der Waals surface area contributed by atoms with Gasteiger partial charge in [-0.15, -0.1) is 10.2 Å². The molecule has 1 aliphatic carbocycles. The molecular formula is C17H23N3O. The molecule has 2 aromatic rings. The molecule has 0 bridgehead atoms. The Balaban J connectivity index is 1.77. The molecule has 1 aliphatic rings. The van der Waals surface area contributed by atoms with Gasteiger partial charge in [-0.2, -0.15) is 0 Å². The summed E-state index contributed by atoms with van der Waals surface area (Å²) in [4.78, 5) is 0. The second-order valence-corrected chi connectivity index (χ2v) is 6.07. The lowest BCUT2D eigenvalue weighted by Crippen LogP contribution is -2.17. The third kappa shape index (κ3) is 3.16. The molecular weight excluding hydrogens is 262 g/mol. The normalized spacial score (nSPS) is 23.9. The maximum atomic E-state index is 5.98. The third-order valence-electron chi connectivity index (χ3n) is 4.49. The smallest absolute Gasteiger partial charge is 0.237 e. The van der Waals surface area contributed by atoms with Gasteiger partial charge in [-0.1, -0.05) is 37.3 Å². The van der Waals surface area contributed by atoms with Gasteiger partial charge in [0.1, 0.15) is 6.04 Å². The van der Waals surface area contributed by atoms with E-state index in [1.54, 1.807) is 0 Å². The van der Waals surface area contributed by atoms with E-state index in [-0.39, 0.29) is 6.04 Å². The van der Waals surface area contributed by atoms with Crippen molar-refractivity contribution in [3.63, 3.8) is 0 Å². The minimum Gasteiger partial charge on any atom is -0.423 e. The van der Waals surface area contributed by atoms with Crippen LogP contribution in [0.15, 0.2) is 34.7 Å². The van der Waals surface area contributed by atoms with Gasteiger partial charge in [-0.05, 0) is 44.2 Å². The van der Waals surface area contributed by atoms with Gasteiger partial charge in [-0.25, -0.2) is 0 Å². The maximum absolute atomic E-state index is 5.98. The number of hydrogen-bond acceptors (Lipinski definition) is 4. The zero-order valence-corrected chi connectivity index (χ0v) is 12.7. The molecule has 0 radical (unpaired) electrons. The van der Waals surface area contributed by atoms with Gasteiger partial charge in [0.25, 0.3) is 0 Å². The first-order valence-corrected chi connectivity index (χ1v) is 7.83. The van der Waals surface area contributed by atoms with Crippen LogP contribution in [0.25, 0.3) is 0 Å². The Labute approximate surface area is 126 Å². The summed E-state index contributed by atoms with van der Waals surface area (Å²) < 4.78 is 5.98. The summed E-state index contributed by atoms with van der Waals surface area (Å²) in [5, 5.41) is 11.8. The van der Waals surface area contributed by atoms with Crippen molar-refractivity contribution in [1.82, 2.24) is 15.5 Å². The van der Waals surface area contributed by atoms with Crippen LogP contribution in [0.1, 0.15) is 61.9 Å². The van der Waals surface area contributed by atoms with E-state index < -0.39 is 0 Å². The second kappa shape index (κ2) is 6.39. The van der Waals surface area contributed by atoms with E-state index in [1.165, 1.54) is 25.7 Å². The van der Waals surface area contributed by atoms with Crippen LogP contribution in [0.5, 0.6) is 0 Å². The first-order chi connectivity index (χ1) is 10.3. The van der Waals surface area contributed by atoms with Crippen molar-refractivity contribution in [2.75, 3.05) is 7.05 Å². The van der Waals surface area contributed by atoms with Crippen molar-refractivity contribution in [3.05, 3.63) is 47.7 Å². The average molecular weight is 285 g/mol. The van der Waals surface area contributed by atoms with Gasteiger partial charge in [0.15, 0.2) is 0 Å². The summed E-state index contributed by atoms with van der Waals surface area (Å²) in [6.07, 6.45) is 4.85. The van der Waals surface area contributed by atoms with Crippen LogP contribution in [-0.2, 0) is 0 Å². The van der Waals surface area contributed by atoms with Crippen molar-refractivity contribution in [3.8, 4) is 0 Å². The lowest BCUT2D eigenvalue weighted by molar-refractivity contribution is 0.298. The molecule has 1 aromatic heterocycles. The van der Waals surface area contributed by atoms with Crippen LogP contribution >= 0.6 is 0 Å². The SMILES string of the molecule is CNC(c1ccccc1)c1nnc(C2CCC(C)CC2)o1. The monoisotopic (exact) mass is 285 g/mol. The van der Waals surface area contributed by atoms with Crippen LogP contribution in [-0.4, -0.2) is 17.2 Å². The second-order valence-electron chi connectivity index (χ2n) is 6.07. The van der Waals surface area contributed by atoms with E-state index in [0.29, 0.717) is 11.8 Å². The fraction of sp³-hybridized carbons (Fsp3) is 0.529. The van der Waals surface area contributed by atoms with Crippen molar-refractivity contribution >= 4 is 0 Å². The molecule has 1 unspecified atom stereocenters. The molecule has 1 heterocycles. The van der Waals surface area contributed by atoms with E-state index in [4.69, 9.17) is 4.42 Å². The quantitative estimate of drug-likeness (QED) is 0.931. The van der Waals surface area contributed by atoms with Gasteiger partial charge in [0, 0.05) is 5.92 Å². The van der Waals surface area contributed by atoms with Crippen molar-refractivity contribution in [2.24, 2.45) is 5.92 Å². The molecule has 1 fully saturated rings. The Morgan fingerprint density at radius 2 is 1.81 bits per heavy atom. The van der Waals surface area contributed by atoms with Crippen molar-refractivity contribution in [1.29, 1.82) is 0 Å². The molecule has 0 spiro atoms. The molecule has 0 aliphatic heterocycles. The molecule has 1 saturated carbocycles. The molecule has 0 saturated heterocycles. The lowest BCUT2D eigenvalue weighted by Gasteiger charge is -2.23. The average Bonchev–Trinajstić information content (AvgIpc) is 2.99. The summed E-state index contributed by atoms with van der Waals surface area (Å²) in [5.41, 5.74) is 1.15. The summed E-state index contributed by atoms with van der Waals surface area (Å²) in [7, 11) is 1.92. The number of rotatable bonds is 4. The van der Waals surface area contributed by atoms with Crippen LogP contribution in [0, 0.1) is 5.92 Å². The summed E-state index contributed by atoms with van der Waals surface area (Å²) in [6.45, 7) is 2.32. The Morgan fingerprint density at radius 3 is 2.48 bits per heavy atom. The number of benzene rings is 1. The Morgan fingerprint density at radius 1 is 1.10 bits per heavy atom. The lowest BCUT2D eigenvalue weighted by atomic mass is 9.83. The predicted molar refractivity (Wildman–Crippen MR) is 82.0 cm³/mol. The summed E-state index contributed by atoms with van der Waals surface area (Å²) in [5.74, 6) is 2.75. The van der Waals surface area contributed by atoms with E-state index in [2.05, 4.69) is 34.6 Å². The molecule has 21 heavy (non-hydrogen) atoms. The Hall–Kier alpha value is -1.68. The maximum Gasteiger partial charge on any atom is 0.237 e. The largest absolute Gasteiger partial charge is 0.423 e. The van der Waals surface area contributed by atoms with Gasteiger partial charge in [-0.3, -0.25) is 0 Å². The zero-order chi connectivity index (χ0) is 14.7. The Kier molecular flexibility index (Phi) is 4.34. The highest BCUT2D eigenvalue weighted by Crippen LogP contribution is 2.35. The van der Waals surface area contributed by atoms with Crippen LogP contribution in [0.2, 0.25) is 0 Å². The number of hydrogen-bond donors (Lipinski definition) is 1. The van der Waals surface area contributed by atoms with Crippen LogP contribution in [0.3, 0.4) is 0 Å². The van der Waals surface area contributed by atoms with Gasteiger partial charge in [0.05, 0.1) is 0 Å². The fourth-order valence-electron chi connectivity index (χ4n) is 3.11. The van der Waals surface area contributed by atoms with E-state index in [0.717, 1.165) is 17.4 Å². The highest BCUT2D eigenvalue weighted by Gasteiger charge is 2.26. The molecule has 4 nitrogen and oxygen atoms in total. The topological polar surface area (TPSA) is 51.0 Å². The molecule has 1 aromatic carbocycles. The van der Waals surface area contributed by atoms with Crippen molar-refractivity contribution < 1.29 is 4.42 Å². The minimum atomic E-state index is -0.0324. The van der Waals surface area contributed by atoms with E-state index >= 15 is 0 Å². The van der Waals surface area contributed by atoms with Crippen LogP contribution in [0.4, 0.5) is 0 Å². The number of nitrogens with one attached hydrogen (secondary N) is 1. The Bertz CT molecular complexity index is 558. The number of nitrogens with zero attached hydrogens (tertiary/aromatic N) is 2. The van der Waals surface area contributed by atoms with Gasteiger partial charge in [0.2, 0.25) is 11.8 Å². The predicted octanol–water partition coefficient (Wildman–Crippen LogP) is 3.67. The van der Waals surface area contributed by atoms with Gasteiger partial charge < -0.3 is 9.73 Å². The first-order valence-electron chi connectivity index (χ1n) is 7.83. The molecule has 3 rings (SSSR count). The first kappa shape index (κ1) is 14.3. The van der Waals surface area contributed by atoms with Crippen molar-refractivity contribution in [2.45, 2.75) is 44.6 Å². The van der Waals surface area contributed by atoms with E-state index in [9.17, 15) is 0 Å². The molecule has 112 valence electrons. The molecule has 1 atom stereocenters. The highest BCUT2D eigenvalue weighted by molar-refractivity contribution is 5.23.